The standard InChI is InChI=1S/C12H24N2O/c1-13-12-4-2-11(3-5-12)10-14-6-8-15-9-7-14/h11-13H,2-10H2,1H3. The van der Waals surface area contributed by atoms with Crippen LogP contribution in [0.25, 0.3) is 0 Å². The smallest absolute Gasteiger partial charge is 0.0594 e. The summed E-state index contributed by atoms with van der Waals surface area (Å²) in [7, 11) is 2.09. The number of hydrogen-bond donors (Lipinski definition) is 1. The molecule has 0 atom stereocenters. The lowest BCUT2D eigenvalue weighted by molar-refractivity contribution is 0.0271. The van der Waals surface area contributed by atoms with Crippen LogP contribution >= 0.6 is 0 Å². The minimum atomic E-state index is 0.783. The Bertz CT molecular complexity index is 172. The van der Waals surface area contributed by atoms with E-state index in [2.05, 4.69) is 17.3 Å². The van der Waals surface area contributed by atoms with Gasteiger partial charge in [-0.05, 0) is 38.6 Å². The van der Waals surface area contributed by atoms with Crippen LogP contribution in [-0.4, -0.2) is 50.8 Å². The van der Waals surface area contributed by atoms with Crippen LogP contribution in [0, 0.1) is 5.92 Å². The third kappa shape index (κ3) is 3.44. The molecule has 3 heteroatoms. The highest BCUT2D eigenvalue weighted by atomic mass is 16.5. The third-order valence-electron chi connectivity index (χ3n) is 3.88. The van der Waals surface area contributed by atoms with Crippen molar-refractivity contribution < 1.29 is 4.74 Å². The van der Waals surface area contributed by atoms with E-state index in [9.17, 15) is 0 Å². The zero-order valence-electron chi connectivity index (χ0n) is 9.87. The molecule has 1 aliphatic heterocycles. The van der Waals surface area contributed by atoms with Crippen LogP contribution in [0.2, 0.25) is 0 Å². The Morgan fingerprint density at radius 2 is 1.80 bits per heavy atom. The van der Waals surface area contributed by atoms with Crippen molar-refractivity contribution in [2.75, 3.05) is 39.9 Å². The minimum Gasteiger partial charge on any atom is -0.379 e. The number of hydrogen-bond acceptors (Lipinski definition) is 3. The first-order valence-electron chi connectivity index (χ1n) is 6.36. The molecule has 1 saturated carbocycles. The van der Waals surface area contributed by atoms with Gasteiger partial charge in [0.1, 0.15) is 0 Å². The molecular weight excluding hydrogens is 188 g/mol. The molecule has 2 fully saturated rings. The van der Waals surface area contributed by atoms with Crippen molar-refractivity contribution >= 4 is 0 Å². The Balaban J connectivity index is 1.67. The molecule has 88 valence electrons. The first-order chi connectivity index (χ1) is 7.38. The van der Waals surface area contributed by atoms with Crippen LogP contribution in [-0.2, 0) is 4.74 Å². The highest BCUT2D eigenvalue weighted by Crippen LogP contribution is 2.25. The Hall–Kier alpha value is -0.120. The summed E-state index contributed by atoms with van der Waals surface area (Å²) in [5.74, 6) is 0.938. The predicted molar refractivity (Wildman–Crippen MR) is 62.1 cm³/mol. The molecule has 0 aromatic heterocycles. The Kier molecular flexibility index (Phi) is 4.42. The average molecular weight is 212 g/mol. The summed E-state index contributed by atoms with van der Waals surface area (Å²) < 4.78 is 5.37. The van der Waals surface area contributed by atoms with E-state index in [0.717, 1.165) is 38.3 Å². The zero-order valence-corrected chi connectivity index (χ0v) is 9.87. The van der Waals surface area contributed by atoms with Crippen LogP contribution in [0.3, 0.4) is 0 Å². The number of nitrogens with one attached hydrogen (secondary N) is 1. The van der Waals surface area contributed by atoms with Crippen molar-refractivity contribution in [3.63, 3.8) is 0 Å². The molecule has 0 spiro atoms. The van der Waals surface area contributed by atoms with E-state index in [1.807, 2.05) is 0 Å². The lowest BCUT2D eigenvalue weighted by Crippen LogP contribution is -2.41. The second-order valence-electron chi connectivity index (χ2n) is 4.92. The van der Waals surface area contributed by atoms with Crippen molar-refractivity contribution in [3.8, 4) is 0 Å². The second kappa shape index (κ2) is 5.83. The van der Waals surface area contributed by atoms with Crippen LogP contribution in [0.4, 0.5) is 0 Å². The summed E-state index contributed by atoms with van der Waals surface area (Å²) in [6.45, 7) is 5.47. The van der Waals surface area contributed by atoms with Gasteiger partial charge in [-0.15, -0.1) is 0 Å². The van der Waals surface area contributed by atoms with E-state index in [1.54, 1.807) is 0 Å². The van der Waals surface area contributed by atoms with Gasteiger partial charge in [-0.25, -0.2) is 0 Å². The summed E-state index contributed by atoms with van der Waals surface area (Å²) in [6, 6.07) is 0.783. The van der Waals surface area contributed by atoms with E-state index in [0.29, 0.717) is 0 Å². The Morgan fingerprint density at radius 1 is 1.13 bits per heavy atom. The lowest BCUT2D eigenvalue weighted by Gasteiger charge is -2.34. The monoisotopic (exact) mass is 212 g/mol. The van der Waals surface area contributed by atoms with Gasteiger partial charge < -0.3 is 10.1 Å². The second-order valence-corrected chi connectivity index (χ2v) is 4.92. The van der Waals surface area contributed by atoms with E-state index in [-0.39, 0.29) is 0 Å². The quantitative estimate of drug-likeness (QED) is 0.758. The van der Waals surface area contributed by atoms with Crippen molar-refractivity contribution in [1.29, 1.82) is 0 Å². The summed E-state index contributed by atoms with van der Waals surface area (Å²) in [5.41, 5.74) is 0. The largest absolute Gasteiger partial charge is 0.379 e. The molecule has 1 N–H and O–H groups in total. The van der Waals surface area contributed by atoms with Gasteiger partial charge in [0.05, 0.1) is 13.2 Å². The fourth-order valence-corrected chi connectivity index (χ4v) is 2.78. The molecule has 1 aliphatic carbocycles. The first-order valence-corrected chi connectivity index (χ1v) is 6.36. The van der Waals surface area contributed by atoms with Gasteiger partial charge >= 0.3 is 0 Å². The molecule has 15 heavy (non-hydrogen) atoms. The van der Waals surface area contributed by atoms with Crippen LogP contribution < -0.4 is 5.32 Å². The molecule has 0 amide bonds. The van der Waals surface area contributed by atoms with Gasteiger partial charge in [0.15, 0.2) is 0 Å². The molecule has 3 nitrogen and oxygen atoms in total. The highest BCUT2D eigenvalue weighted by Gasteiger charge is 2.22. The molecule has 0 unspecified atom stereocenters. The van der Waals surface area contributed by atoms with Crippen molar-refractivity contribution in [1.82, 2.24) is 10.2 Å². The highest BCUT2D eigenvalue weighted by molar-refractivity contribution is 4.78. The topological polar surface area (TPSA) is 24.5 Å². The van der Waals surface area contributed by atoms with Gasteiger partial charge in [0, 0.05) is 25.7 Å². The third-order valence-corrected chi connectivity index (χ3v) is 3.88. The predicted octanol–water partition coefficient (Wildman–Crippen LogP) is 1.10. The molecule has 0 aromatic carbocycles. The van der Waals surface area contributed by atoms with Crippen molar-refractivity contribution in [3.05, 3.63) is 0 Å². The van der Waals surface area contributed by atoms with E-state index in [1.165, 1.54) is 32.2 Å². The molecule has 1 saturated heterocycles. The normalized spacial score (nSPS) is 34.2. The summed E-state index contributed by atoms with van der Waals surface area (Å²) in [6.07, 6.45) is 5.54. The van der Waals surface area contributed by atoms with Gasteiger partial charge in [-0.1, -0.05) is 0 Å². The fraction of sp³-hybridized carbons (Fsp3) is 1.00. The van der Waals surface area contributed by atoms with E-state index in [4.69, 9.17) is 4.74 Å². The van der Waals surface area contributed by atoms with Gasteiger partial charge in [-0.2, -0.15) is 0 Å². The lowest BCUT2D eigenvalue weighted by atomic mass is 9.86. The maximum absolute atomic E-state index is 5.37. The Labute approximate surface area is 93.2 Å². The molecular formula is C12H24N2O. The molecule has 2 aliphatic rings. The molecule has 0 aromatic rings. The maximum atomic E-state index is 5.37. The van der Waals surface area contributed by atoms with E-state index < -0.39 is 0 Å². The van der Waals surface area contributed by atoms with Crippen LogP contribution in [0.15, 0.2) is 0 Å². The molecule has 2 rings (SSSR count). The van der Waals surface area contributed by atoms with Crippen molar-refractivity contribution in [2.45, 2.75) is 31.7 Å². The summed E-state index contributed by atoms with van der Waals surface area (Å²) in [4.78, 5) is 2.58. The van der Waals surface area contributed by atoms with E-state index >= 15 is 0 Å². The van der Waals surface area contributed by atoms with Crippen molar-refractivity contribution in [2.24, 2.45) is 5.92 Å². The van der Waals surface area contributed by atoms with Gasteiger partial charge in [-0.3, -0.25) is 4.90 Å². The van der Waals surface area contributed by atoms with Crippen LogP contribution in [0.5, 0.6) is 0 Å². The number of morpholine rings is 1. The molecule has 1 heterocycles. The first kappa shape index (κ1) is 11.4. The molecule has 0 radical (unpaired) electrons. The van der Waals surface area contributed by atoms with Gasteiger partial charge in [0.2, 0.25) is 0 Å². The fourth-order valence-electron chi connectivity index (χ4n) is 2.78. The number of ether oxygens (including phenoxy) is 1. The van der Waals surface area contributed by atoms with Crippen LogP contribution in [0.1, 0.15) is 25.7 Å². The average Bonchev–Trinajstić information content (AvgIpc) is 2.31. The zero-order chi connectivity index (χ0) is 10.5. The van der Waals surface area contributed by atoms with Gasteiger partial charge in [0.25, 0.3) is 0 Å². The SMILES string of the molecule is CNC1CCC(CN2CCOCC2)CC1. The molecule has 0 bridgehead atoms. The Morgan fingerprint density at radius 3 is 2.40 bits per heavy atom. The number of nitrogens with zero attached hydrogens (tertiary/aromatic N) is 1. The maximum Gasteiger partial charge on any atom is 0.0594 e. The number of rotatable bonds is 3. The minimum absolute atomic E-state index is 0.783. The summed E-state index contributed by atoms with van der Waals surface area (Å²) in [5, 5.41) is 3.39. The summed E-state index contributed by atoms with van der Waals surface area (Å²) >= 11 is 0.